The second-order valence-corrected chi connectivity index (χ2v) is 5.95. The van der Waals surface area contributed by atoms with Crippen LogP contribution in [0.25, 0.3) is 5.57 Å². The molecular weight excluding hydrogens is 254 g/mol. The van der Waals surface area contributed by atoms with Gasteiger partial charge in [-0.2, -0.15) is 0 Å². The third kappa shape index (κ3) is 3.62. The molecule has 1 nitrogen and oxygen atoms in total. The zero-order valence-electron chi connectivity index (χ0n) is 12.7. The van der Waals surface area contributed by atoms with Crippen LogP contribution in [0.4, 0.5) is 0 Å². The predicted molar refractivity (Wildman–Crippen MR) is 90.2 cm³/mol. The first-order valence-corrected chi connectivity index (χ1v) is 7.84. The highest BCUT2D eigenvalue weighted by Crippen LogP contribution is 2.28. The van der Waals surface area contributed by atoms with Crippen molar-refractivity contribution >= 4 is 5.57 Å². The van der Waals surface area contributed by atoms with E-state index in [1.165, 1.54) is 42.6 Å². The Hall–Kier alpha value is -1.86. The Kier molecular flexibility index (Phi) is 4.52. The van der Waals surface area contributed by atoms with Gasteiger partial charge in [0.1, 0.15) is 0 Å². The van der Waals surface area contributed by atoms with Crippen LogP contribution < -0.4 is 0 Å². The van der Waals surface area contributed by atoms with Crippen LogP contribution in [0.2, 0.25) is 0 Å². The van der Waals surface area contributed by atoms with Crippen molar-refractivity contribution in [3.63, 3.8) is 0 Å². The summed E-state index contributed by atoms with van der Waals surface area (Å²) < 4.78 is 0. The molecule has 1 aliphatic heterocycles. The van der Waals surface area contributed by atoms with Crippen molar-refractivity contribution in [2.45, 2.75) is 12.8 Å². The van der Waals surface area contributed by atoms with E-state index in [2.05, 4.69) is 78.7 Å². The Bertz CT molecular complexity index is 536. The summed E-state index contributed by atoms with van der Waals surface area (Å²) in [6, 6.07) is 21.5. The van der Waals surface area contributed by atoms with Gasteiger partial charge in [0.15, 0.2) is 0 Å². The van der Waals surface area contributed by atoms with Gasteiger partial charge in [0, 0.05) is 0 Å². The molecule has 0 unspecified atom stereocenters. The van der Waals surface area contributed by atoms with Crippen LogP contribution in [-0.2, 0) is 0 Å². The smallest absolute Gasteiger partial charge is 0.00162 e. The number of allylic oxidation sites excluding steroid dienone is 1. The van der Waals surface area contributed by atoms with Crippen LogP contribution in [0.1, 0.15) is 24.0 Å². The largest absolute Gasteiger partial charge is 0.306 e. The van der Waals surface area contributed by atoms with E-state index in [9.17, 15) is 0 Å². The second kappa shape index (κ2) is 6.73. The van der Waals surface area contributed by atoms with Crippen LogP contribution in [0.3, 0.4) is 0 Å². The van der Waals surface area contributed by atoms with E-state index in [4.69, 9.17) is 0 Å². The summed E-state index contributed by atoms with van der Waals surface area (Å²) in [5, 5.41) is 0. The number of nitrogens with zero attached hydrogens (tertiary/aromatic N) is 1. The van der Waals surface area contributed by atoms with Crippen molar-refractivity contribution in [2.75, 3.05) is 20.1 Å². The minimum absolute atomic E-state index is 0.691. The maximum absolute atomic E-state index is 2.50. The van der Waals surface area contributed by atoms with Crippen molar-refractivity contribution in [1.82, 2.24) is 4.90 Å². The number of hydrogen-bond acceptors (Lipinski definition) is 1. The van der Waals surface area contributed by atoms with Crippen molar-refractivity contribution < 1.29 is 0 Å². The molecule has 0 amide bonds. The van der Waals surface area contributed by atoms with Crippen molar-refractivity contribution in [3.05, 3.63) is 77.9 Å². The molecule has 0 saturated carbocycles. The summed E-state index contributed by atoms with van der Waals surface area (Å²) in [5.74, 6) is 0.691. The number of piperidine rings is 1. The molecule has 0 radical (unpaired) electrons. The lowest BCUT2D eigenvalue weighted by Gasteiger charge is -2.27. The standard InChI is InChI=1S/C20H23N/c1-21-14-12-17(13-15-21)16-20(18-8-4-2-5-9-18)19-10-6-3-7-11-19/h2-11,16-17H,12-15H2,1H3. The molecule has 1 fully saturated rings. The molecule has 21 heavy (non-hydrogen) atoms. The lowest BCUT2D eigenvalue weighted by molar-refractivity contribution is 0.244. The van der Waals surface area contributed by atoms with Crippen molar-refractivity contribution in [1.29, 1.82) is 0 Å². The first kappa shape index (κ1) is 14.1. The van der Waals surface area contributed by atoms with E-state index in [-0.39, 0.29) is 0 Å². The number of rotatable bonds is 3. The van der Waals surface area contributed by atoms with Gasteiger partial charge < -0.3 is 4.90 Å². The molecular formula is C20H23N. The fourth-order valence-corrected chi connectivity index (χ4v) is 3.03. The first-order valence-electron chi connectivity index (χ1n) is 7.84. The molecule has 0 aliphatic carbocycles. The Balaban J connectivity index is 1.93. The Morgan fingerprint density at radius 3 is 1.81 bits per heavy atom. The van der Waals surface area contributed by atoms with Crippen LogP contribution in [-0.4, -0.2) is 25.0 Å². The van der Waals surface area contributed by atoms with Gasteiger partial charge in [0.25, 0.3) is 0 Å². The third-order valence-corrected chi connectivity index (χ3v) is 4.34. The zero-order chi connectivity index (χ0) is 14.5. The molecule has 1 heteroatoms. The monoisotopic (exact) mass is 277 g/mol. The predicted octanol–water partition coefficient (Wildman–Crippen LogP) is 4.46. The minimum Gasteiger partial charge on any atom is -0.306 e. The fraction of sp³-hybridized carbons (Fsp3) is 0.300. The molecule has 0 spiro atoms. The van der Waals surface area contributed by atoms with Gasteiger partial charge in [-0.05, 0) is 55.6 Å². The summed E-state index contributed by atoms with van der Waals surface area (Å²) in [6.45, 7) is 2.41. The average Bonchev–Trinajstić information content (AvgIpc) is 2.56. The highest BCUT2D eigenvalue weighted by Gasteiger charge is 2.16. The van der Waals surface area contributed by atoms with Gasteiger partial charge in [-0.25, -0.2) is 0 Å². The van der Waals surface area contributed by atoms with Crippen molar-refractivity contribution in [3.8, 4) is 0 Å². The maximum atomic E-state index is 2.50. The van der Waals surface area contributed by atoms with Crippen LogP contribution in [0.5, 0.6) is 0 Å². The Morgan fingerprint density at radius 2 is 1.33 bits per heavy atom. The molecule has 0 N–H and O–H groups in total. The first-order chi connectivity index (χ1) is 10.3. The fourth-order valence-electron chi connectivity index (χ4n) is 3.03. The Labute approximate surface area is 127 Å². The molecule has 3 rings (SSSR count). The summed E-state index contributed by atoms with van der Waals surface area (Å²) in [4.78, 5) is 2.43. The normalized spacial score (nSPS) is 16.6. The number of likely N-dealkylation sites (tertiary alicyclic amines) is 1. The van der Waals surface area contributed by atoms with Gasteiger partial charge >= 0.3 is 0 Å². The van der Waals surface area contributed by atoms with E-state index >= 15 is 0 Å². The SMILES string of the molecule is CN1CCC(C=C(c2ccccc2)c2ccccc2)CC1. The van der Waals surface area contributed by atoms with Crippen LogP contribution in [0, 0.1) is 5.92 Å². The average molecular weight is 277 g/mol. The van der Waals surface area contributed by atoms with Crippen molar-refractivity contribution in [2.24, 2.45) is 5.92 Å². The summed E-state index contributed by atoms with van der Waals surface area (Å²) in [5.41, 5.74) is 4.02. The van der Waals surface area contributed by atoms with E-state index in [0.29, 0.717) is 5.92 Å². The molecule has 108 valence electrons. The highest BCUT2D eigenvalue weighted by atomic mass is 15.1. The molecule has 0 aromatic heterocycles. The molecule has 0 bridgehead atoms. The lowest BCUT2D eigenvalue weighted by atomic mass is 9.89. The maximum Gasteiger partial charge on any atom is -0.00162 e. The zero-order valence-corrected chi connectivity index (χ0v) is 12.7. The molecule has 1 aliphatic rings. The van der Waals surface area contributed by atoms with E-state index in [0.717, 1.165) is 0 Å². The van der Waals surface area contributed by atoms with Gasteiger partial charge in [0.05, 0.1) is 0 Å². The summed E-state index contributed by atoms with van der Waals surface area (Å²) in [7, 11) is 2.22. The minimum atomic E-state index is 0.691. The van der Waals surface area contributed by atoms with E-state index in [1.807, 2.05) is 0 Å². The molecule has 2 aromatic rings. The van der Waals surface area contributed by atoms with Crippen LogP contribution >= 0.6 is 0 Å². The third-order valence-electron chi connectivity index (χ3n) is 4.34. The lowest BCUT2D eigenvalue weighted by Crippen LogP contribution is -2.29. The summed E-state index contributed by atoms with van der Waals surface area (Å²) in [6.07, 6.45) is 5.02. The van der Waals surface area contributed by atoms with Gasteiger partial charge in [-0.15, -0.1) is 0 Å². The highest BCUT2D eigenvalue weighted by molar-refractivity contribution is 5.79. The summed E-state index contributed by atoms with van der Waals surface area (Å²) >= 11 is 0. The Morgan fingerprint density at radius 1 is 0.857 bits per heavy atom. The molecule has 1 saturated heterocycles. The quantitative estimate of drug-likeness (QED) is 0.800. The molecule has 0 atom stereocenters. The molecule has 1 heterocycles. The number of benzene rings is 2. The van der Waals surface area contributed by atoms with E-state index in [1.54, 1.807) is 0 Å². The van der Waals surface area contributed by atoms with Gasteiger partial charge in [-0.3, -0.25) is 0 Å². The molecule has 2 aromatic carbocycles. The second-order valence-electron chi connectivity index (χ2n) is 5.95. The van der Waals surface area contributed by atoms with Gasteiger partial charge in [-0.1, -0.05) is 66.7 Å². The number of hydrogen-bond donors (Lipinski definition) is 0. The van der Waals surface area contributed by atoms with Gasteiger partial charge in [0.2, 0.25) is 0 Å². The topological polar surface area (TPSA) is 3.24 Å². The van der Waals surface area contributed by atoms with Crippen LogP contribution in [0.15, 0.2) is 66.7 Å². The van der Waals surface area contributed by atoms with E-state index < -0.39 is 0 Å².